The number of fused-ring (bicyclic) bond motifs is 1. The number of pyridine rings is 1. The van der Waals surface area contributed by atoms with Crippen molar-refractivity contribution >= 4 is 43.2 Å². The Hall–Kier alpha value is -3.54. The summed E-state index contributed by atoms with van der Waals surface area (Å²) in [6, 6.07) is 13.1. The molecule has 2 aromatic heterocycles. The highest BCUT2D eigenvalue weighted by molar-refractivity contribution is 7.92. The molecular weight excluding hydrogens is 551 g/mol. The lowest BCUT2D eigenvalue weighted by molar-refractivity contribution is 0.0919. The van der Waals surface area contributed by atoms with Crippen molar-refractivity contribution in [2.75, 3.05) is 17.8 Å². The van der Waals surface area contributed by atoms with E-state index < -0.39 is 21.4 Å². The topological polar surface area (TPSA) is 101 Å². The summed E-state index contributed by atoms with van der Waals surface area (Å²) in [5.74, 6) is -0.595. The molecule has 0 saturated heterocycles. The first kappa shape index (κ1) is 29.4. The quantitative estimate of drug-likeness (QED) is 0.224. The third-order valence-electron chi connectivity index (χ3n) is 6.02. The van der Waals surface area contributed by atoms with Crippen molar-refractivity contribution in [3.05, 3.63) is 77.1 Å². The van der Waals surface area contributed by atoms with Crippen LogP contribution in [-0.2, 0) is 16.6 Å². The van der Waals surface area contributed by atoms with E-state index in [1.54, 1.807) is 23.6 Å². The number of anilines is 1. The number of hydrogen-bond donors (Lipinski definition) is 2. The molecule has 2 N–H and O–H groups in total. The predicted octanol–water partition coefficient (Wildman–Crippen LogP) is 6.40. The van der Waals surface area contributed by atoms with Crippen molar-refractivity contribution in [3.8, 4) is 11.5 Å². The van der Waals surface area contributed by atoms with Crippen molar-refractivity contribution in [2.45, 2.75) is 51.6 Å². The average Bonchev–Trinajstić information content (AvgIpc) is 3.31. The molecule has 4 aromatic rings. The summed E-state index contributed by atoms with van der Waals surface area (Å²) < 4.78 is 49.9. The number of sulfonamides is 1. The highest BCUT2D eigenvalue weighted by Crippen LogP contribution is 2.36. The maximum atomic E-state index is 15.0. The number of amides is 1. The SMILES string of the molecule is CCN(CC)Cc1cc2nccc(Oc3ccc(NS(=O)(=O)c4ccc(C(=O)NC(C)(C)C)cc4)cc3F)c2s1. The van der Waals surface area contributed by atoms with E-state index in [4.69, 9.17) is 4.74 Å². The third kappa shape index (κ3) is 7.15. The van der Waals surface area contributed by atoms with Crippen LogP contribution in [0.5, 0.6) is 11.5 Å². The number of nitrogens with one attached hydrogen (secondary N) is 2. The number of carbonyl (C=O) groups is 1. The first-order chi connectivity index (χ1) is 18.9. The van der Waals surface area contributed by atoms with E-state index in [9.17, 15) is 13.2 Å². The Labute approximate surface area is 238 Å². The van der Waals surface area contributed by atoms with Gasteiger partial charge in [0, 0.05) is 40.9 Å². The number of carbonyl (C=O) groups excluding carboxylic acids is 1. The maximum Gasteiger partial charge on any atom is 0.261 e. The van der Waals surface area contributed by atoms with Gasteiger partial charge in [0.15, 0.2) is 11.6 Å². The third-order valence-corrected chi connectivity index (χ3v) is 8.54. The van der Waals surface area contributed by atoms with E-state index in [0.717, 1.165) is 40.8 Å². The molecule has 0 aliphatic rings. The number of benzene rings is 2. The molecule has 0 bridgehead atoms. The van der Waals surface area contributed by atoms with Gasteiger partial charge in [-0.05, 0) is 76.3 Å². The van der Waals surface area contributed by atoms with Crippen LogP contribution in [0.15, 0.2) is 65.7 Å². The molecule has 0 unspecified atom stereocenters. The molecule has 0 radical (unpaired) electrons. The van der Waals surface area contributed by atoms with Crippen LogP contribution in [0.25, 0.3) is 10.2 Å². The monoisotopic (exact) mass is 584 g/mol. The number of halogens is 1. The molecule has 40 heavy (non-hydrogen) atoms. The van der Waals surface area contributed by atoms with Crippen molar-refractivity contribution in [1.29, 1.82) is 0 Å². The summed E-state index contributed by atoms with van der Waals surface area (Å²) >= 11 is 1.55. The van der Waals surface area contributed by atoms with Gasteiger partial charge in [0.05, 0.1) is 20.8 Å². The molecule has 0 saturated carbocycles. The molecule has 11 heteroatoms. The fourth-order valence-electron chi connectivity index (χ4n) is 3.97. The van der Waals surface area contributed by atoms with Crippen LogP contribution in [-0.4, -0.2) is 42.8 Å². The van der Waals surface area contributed by atoms with E-state index in [-0.39, 0.29) is 22.2 Å². The van der Waals surface area contributed by atoms with Gasteiger partial charge in [0.1, 0.15) is 5.75 Å². The lowest BCUT2D eigenvalue weighted by Gasteiger charge is -2.20. The summed E-state index contributed by atoms with van der Waals surface area (Å²) in [5.41, 5.74) is 0.718. The number of aromatic nitrogens is 1. The maximum absolute atomic E-state index is 15.0. The summed E-state index contributed by atoms with van der Waals surface area (Å²) in [4.78, 5) is 20.1. The number of rotatable bonds is 10. The van der Waals surface area contributed by atoms with Crippen molar-refractivity contribution in [1.82, 2.24) is 15.2 Å². The highest BCUT2D eigenvalue weighted by Gasteiger charge is 2.19. The Morgan fingerprint density at radius 2 is 1.73 bits per heavy atom. The standard InChI is InChI=1S/C29H33FN4O4S2/c1-6-34(7-2)18-21-17-24-27(39-21)26(14-15-31-24)38-25-13-10-20(16-23(25)30)33-40(36,37)22-11-8-19(9-12-22)28(35)32-29(3,4)5/h8-17,33H,6-7,18H2,1-5H3,(H,32,35). The molecule has 0 aliphatic carbocycles. The van der Waals surface area contributed by atoms with Gasteiger partial charge in [-0.15, -0.1) is 11.3 Å². The zero-order valence-electron chi connectivity index (χ0n) is 23.1. The zero-order valence-corrected chi connectivity index (χ0v) is 24.7. The minimum atomic E-state index is -4.02. The molecule has 4 rings (SSSR count). The van der Waals surface area contributed by atoms with Gasteiger partial charge in [-0.3, -0.25) is 19.4 Å². The van der Waals surface area contributed by atoms with Crippen molar-refractivity contribution in [2.24, 2.45) is 0 Å². The van der Waals surface area contributed by atoms with Crippen LogP contribution in [0, 0.1) is 5.82 Å². The predicted molar refractivity (Wildman–Crippen MR) is 157 cm³/mol. The average molecular weight is 585 g/mol. The van der Waals surface area contributed by atoms with E-state index in [2.05, 4.69) is 33.8 Å². The highest BCUT2D eigenvalue weighted by atomic mass is 32.2. The van der Waals surface area contributed by atoms with Crippen LogP contribution in [0.3, 0.4) is 0 Å². The first-order valence-corrected chi connectivity index (χ1v) is 15.2. The van der Waals surface area contributed by atoms with E-state index in [0.29, 0.717) is 11.3 Å². The molecule has 2 heterocycles. The zero-order chi connectivity index (χ0) is 29.1. The molecular formula is C29H33FN4O4S2. The van der Waals surface area contributed by atoms with Crippen LogP contribution in [0.1, 0.15) is 49.9 Å². The lowest BCUT2D eigenvalue weighted by Crippen LogP contribution is -2.40. The molecule has 0 spiro atoms. The molecule has 212 valence electrons. The van der Waals surface area contributed by atoms with Gasteiger partial charge < -0.3 is 10.1 Å². The summed E-state index contributed by atoms with van der Waals surface area (Å²) in [6.07, 6.45) is 1.62. The fraction of sp³-hybridized carbons (Fsp3) is 0.310. The number of nitrogens with zero attached hydrogens (tertiary/aromatic N) is 2. The molecule has 0 aliphatic heterocycles. The van der Waals surface area contributed by atoms with E-state index >= 15 is 4.39 Å². The van der Waals surface area contributed by atoms with E-state index in [1.165, 1.54) is 36.4 Å². The number of ether oxygens (including phenoxy) is 1. The van der Waals surface area contributed by atoms with Crippen molar-refractivity contribution < 1.29 is 22.3 Å². The first-order valence-electron chi connectivity index (χ1n) is 12.9. The lowest BCUT2D eigenvalue weighted by atomic mass is 10.1. The Morgan fingerprint density at radius 1 is 1.02 bits per heavy atom. The molecule has 8 nitrogen and oxygen atoms in total. The summed E-state index contributed by atoms with van der Waals surface area (Å²) in [6.45, 7) is 12.4. The Morgan fingerprint density at radius 3 is 2.35 bits per heavy atom. The second-order valence-electron chi connectivity index (χ2n) is 10.3. The van der Waals surface area contributed by atoms with Crippen LogP contribution in [0.4, 0.5) is 10.1 Å². The second-order valence-corrected chi connectivity index (χ2v) is 13.1. The fourth-order valence-corrected chi connectivity index (χ4v) is 6.12. The smallest absolute Gasteiger partial charge is 0.261 e. The normalized spacial score (nSPS) is 12.1. The van der Waals surface area contributed by atoms with Crippen LogP contribution < -0.4 is 14.8 Å². The molecule has 2 aromatic carbocycles. The van der Waals surface area contributed by atoms with Crippen molar-refractivity contribution in [3.63, 3.8) is 0 Å². The van der Waals surface area contributed by atoms with Gasteiger partial charge in [-0.2, -0.15) is 0 Å². The van der Waals surface area contributed by atoms with Crippen LogP contribution in [0.2, 0.25) is 0 Å². The second kappa shape index (κ2) is 11.9. The summed E-state index contributed by atoms with van der Waals surface area (Å²) in [5, 5.41) is 2.82. The number of hydrogen-bond acceptors (Lipinski definition) is 7. The van der Waals surface area contributed by atoms with Crippen LogP contribution >= 0.6 is 11.3 Å². The number of thiophene rings is 1. The van der Waals surface area contributed by atoms with Gasteiger partial charge in [-0.25, -0.2) is 12.8 Å². The minimum absolute atomic E-state index is 0.0386. The molecule has 0 fully saturated rings. The molecule has 0 atom stereocenters. The Bertz CT molecular complexity index is 1610. The van der Waals surface area contributed by atoms with Gasteiger partial charge in [-0.1, -0.05) is 13.8 Å². The Kier molecular flexibility index (Phi) is 8.77. The largest absolute Gasteiger partial charge is 0.453 e. The minimum Gasteiger partial charge on any atom is -0.453 e. The van der Waals surface area contributed by atoms with Gasteiger partial charge >= 0.3 is 0 Å². The van der Waals surface area contributed by atoms with Gasteiger partial charge in [0.2, 0.25) is 0 Å². The van der Waals surface area contributed by atoms with Gasteiger partial charge in [0.25, 0.3) is 15.9 Å². The summed E-state index contributed by atoms with van der Waals surface area (Å²) in [7, 11) is -4.02. The molecule has 1 amide bonds. The van der Waals surface area contributed by atoms with E-state index in [1.807, 2.05) is 26.8 Å². The Balaban J connectivity index is 1.49.